The van der Waals surface area contributed by atoms with E-state index in [1.807, 2.05) is 6.07 Å². The molecule has 1 saturated heterocycles. The lowest BCUT2D eigenvalue weighted by atomic mass is 10.1. The molecule has 3 rings (SSSR count). The fourth-order valence-corrected chi connectivity index (χ4v) is 2.95. The van der Waals surface area contributed by atoms with Gasteiger partial charge in [0, 0.05) is 18.2 Å². The van der Waals surface area contributed by atoms with Crippen LogP contribution < -0.4 is 0 Å². The van der Waals surface area contributed by atoms with Crippen LogP contribution in [0.3, 0.4) is 0 Å². The summed E-state index contributed by atoms with van der Waals surface area (Å²) in [5.41, 5.74) is 1.31. The third-order valence-electron chi connectivity index (χ3n) is 4.21. The molecule has 0 N–H and O–H groups in total. The first kappa shape index (κ1) is 15.2. The summed E-state index contributed by atoms with van der Waals surface area (Å²) in [6.07, 6.45) is 1.96. The van der Waals surface area contributed by atoms with Crippen molar-refractivity contribution >= 4 is 0 Å². The van der Waals surface area contributed by atoms with Gasteiger partial charge >= 0.3 is 0 Å². The number of aromatic nitrogens is 1. The Hall–Kier alpha value is -1.75. The minimum atomic E-state index is -0.408. The lowest BCUT2D eigenvalue weighted by Gasteiger charge is -2.22. The van der Waals surface area contributed by atoms with Crippen LogP contribution in [-0.2, 0) is 6.54 Å². The van der Waals surface area contributed by atoms with Gasteiger partial charge in [-0.05, 0) is 43.5 Å². The highest BCUT2D eigenvalue weighted by Crippen LogP contribution is 2.34. The molecule has 1 aromatic heterocycles. The van der Waals surface area contributed by atoms with Crippen molar-refractivity contribution in [2.45, 2.75) is 45.2 Å². The van der Waals surface area contributed by atoms with Crippen LogP contribution in [-0.4, -0.2) is 16.6 Å². The molecule has 2 heterocycles. The van der Waals surface area contributed by atoms with Crippen molar-refractivity contribution < 1.29 is 13.3 Å². The van der Waals surface area contributed by atoms with Crippen molar-refractivity contribution in [2.24, 2.45) is 0 Å². The molecule has 0 amide bonds. The zero-order valence-electron chi connectivity index (χ0n) is 12.9. The van der Waals surface area contributed by atoms with Gasteiger partial charge in [0.2, 0.25) is 0 Å². The molecule has 0 bridgehead atoms. The summed E-state index contributed by atoms with van der Waals surface area (Å²) in [7, 11) is 0. The van der Waals surface area contributed by atoms with Crippen molar-refractivity contribution in [3.8, 4) is 0 Å². The molecule has 0 saturated carbocycles. The molecule has 118 valence electrons. The first-order chi connectivity index (χ1) is 10.5. The molecule has 0 unspecified atom stereocenters. The molecule has 1 atom stereocenters. The summed E-state index contributed by atoms with van der Waals surface area (Å²) >= 11 is 0. The second-order valence-electron chi connectivity index (χ2n) is 6.17. The number of hydrogen-bond acceptors (Lipinski definition) is 3. The molecule has 0 aliphatic carbocycles. The summed E-state index contributed by atoms with van der Waals surface area (Å²) in [5.74, 6) is 0.354. The van der Waals surface area contributed by atoms with Crippen LogP contribution in [0.5, 0.6) is 0 Å². The van der Waals surface area contributed by atoms with E-state index < -0.39 is 5.82 Å². The maximum atomic E-state index is 13.8. The Kier molecular flexibility index (Phi) is 4.25. The smallest absolute Gasteiger partial charge is 0.154 e. The van der Waals surface area contributed by atoms with Gasteiger partial charge in [-0.3, -0.25) is 4.90 Å². The van der Waals surface area contributed by atoms with Crippen LogP contribution in [0.1, 0.15) is 55.7 Å². The lowest BCUT2D eigenvalue weighted by Crippen LogP contribution is -2.23. The summed E-state index contributed by atoms with van der Waals surface area (Å²) in [4.78, 5) is 2.13. The van der Waals surface area contributed by atoms with Crippen LogP contribution in [0.2, 0.25) is 0 Å². The Balaban J connectivity index is 1.79. The Labute approximate surface area is 128 Å². The monoisotopic (exact) mass is 306 g/mol. The molecule has 5 heteroatoms. The van der Waals surface area contributed by atoms with Crippen molar-refractivity contribution in [3.63, 3.8) is 0 Å². The molecular weight excluding hydrogens is 286 g/mol. The van der Waals surface area contributed by atoms with E-state index in [1.54, 1.807) is 0 Å². The van der Waals surface area contributed by atoms with Crippen LogP contribution in [0.4, 0.5) is 8.78 Å². The molecule has 2 aromatic rings. The standard InChI is InChI=1S/C17H20F2N2O/c1-11(2)15-9-17(22-20-15)16-4-3-7-21(16)10-12-8-13(18)5-6-14(12)19/h5-6,8-9,11,16H,3-4,7,10H2,1-2H3/t16-/m1/s1. The van der Waals surface area contributed by atoms with E-state index in [9.17, 15) is 8.78 Å². The van der Waals surface area contributed by atoms with Gasteiger partial charge in [-0.2, -0.15) is 0 Å². The summed E-state index contributed by atoms with van der Waals surface area (Å²) < 4.78 is 32.6. The average Bonchev–Trinajstić information content (AvgIpc) is 3.11. The Morgan fingerprint density at radius 1 is 1.32 bits per heavy atom. The fraction of sp³-hybridized carbons (Fsp3) is 0.471. The first-order valence-electron chi connectivity index (χ1n) is 7.69. The van der Waals surface area contributed by atoms with Gasteiger partial charge in [0.25, 0.3) is 0 Å². The predicted octanol–water partition coefficient (Wildman–Crippen LogP) is 4.41. The second-order valence-corrected chi connectivity index (χ2v) is 6.17. The van der Waals surface area contributed by atoms with E-state index in [4.69, 9.17) is 4.52 Å². The van der Waals surface area contributed by atoms with E-state index >= 15 is 0 Å². The van der Waals surface area contributed by atoms with Crippen molar-refractivity contribution in [1.29, 1.82) is 0 Å². The number of nitrogens with zero attached hydrogens (tertiary/aromatic N) is 2. The SMILES string of the molecule is CC(C)c1cc([C@H]2CCCN2Cc2cc(F)ccc2F)on1. The van der Waals surface area contributed by atoms with Gasteiger partial charge in [0.1, 0.15) is 11.6 Å². The van der Waals surface area contributed by atoms with E-state index in [0.29, 0.717) is 18.0 Å². The zero-order chi connectivity index (χ0) is 15.7. The van der Waals surface area contributed by atoms with Crippen molar-refractivity contribution in [1.82, 2.24) is 10.1 Å². The molecule has 1 aliphatic rings. The summed E-state index contributed by atoms with van der Waals surface area (Å²) in [6.45, 7) is 5.36. The largest absolute Gasteiger partial charge is 0.359 e. The number of benzene rings is 1. The highest BCUT2D eigenvalue weighted by atomic mass is 19.1. The summed E-state index contributed by atoms with van der Waals surface area (Å²) in [5, 5.41) is 4.10. The molecular formula is C17H20F2N2O. The molecule has 22 heavy (non-hydrogen) atoms. The van der Waals surface area contributed by atoms with E-state index in [1.165, 1.54) is 12.1 Å². The molecule has 1 fully saturated rings. The minimum absolute atomic E-state index is 0.0858. The average molecular weight is 306 g/mol. The highest BCUT2D eigenvalue weighted by molar-refractivity contribution is 5.20. The Morgan fingerprint density at radius 3 is 2.86 bits per heavy atom. The zero-order valence-corrected chi connectivity index (χ0v) is 12.9. The van der Waals surface area contributed by atoms with Gasteiger partial charge < -0.3 is 4.52 Å². The Morgan fingerprint density at radius 2 is 2.14 bits per heavy atom. The number of rotatable bonds is 4. The van der Waals surface area contributed by atoms with Crippen LogP contribution in [0.25, 0.3) is 0 Å². The quantitative estimate of drug-likeness (QED) is 0.837. The van der Waals surface area contributed by atoms with Crippen LogP contribution in [0.15, 0.2) is 28.8 Å². The molecule has 0 radical (unpaired) electrons. The molecule has 1 aromatic carbocycles. The third kappa shape index (κ3) is 3.04. The Bertz CT molecular complexity index is 654. The van der Waals surface area contributed by atoms with E-state index in [2.05, 4.69) is 23.9 Å². The molecule has 3 nitrogen and oxygen atoms in total. The number of halogens is 2. The number of hydrogen-bond donors (Lipinski definition) is 0. The second kappa shape index (κ2) is 6.16. The maximum absolute atomic E-state index is 13.8. The van der Waals surface area contributed by atoms with Gasteiger partial charge in [-0.1, -0.05) is 19.0 Å². The minimum Gasteiger partial charge on any atom is -0.359 e. The number of likely N-dealkylation sites (tertiary alicyclic amines) is 1. The summed E-state index contributed by atoms with van der Waals surface area (Å²) in [6, 6.07) is 5.66. The van der Waals surface area contributed by atoms with Crippen LogP contribution in [0, 0.1) is 11.6 Å². The first-order valence-corrected chi connectivity index (χ1v) is 7.69. The van der Waals surface area contributed by atoms with E-state index in [0.717, 1.165) is 36.9 Å². The molecule has 0 spiro atoms. The van der Waals surface area contributed by atoms with Gasteiger partial charge in [-0.25, -0.2) is 8.78 Å². The topological polar surface area (TPSA) is 29.3 Å². The van der Waals surface area contributed by atoms with Crippen molar-refractivity contribution in [3.05, 3.63) is 52.9 Å². The normalized spacial score (nSPS) is 19.2. The molecule has 1 aliphatic heterocycles. The fourth-order valence-electron chi connectivity index (χ4n) is 2.95. The third-order valence-corrected chi connectivity index (χ3v) is 4.21. The van der Waals surface area contributed by atoms with Crippen molar-refractivity contribution in [2.75, 3.05) is 6.54 Å². The van der Waals surface area contributed by atoms with Gasteiger partial charge in [0.05, 0.1) is 11.7 Å². The lowest BCUT2D eigenvalue weighted by molar-refractivity contribution is 0.204. The van der Waals surface area contributed by atoms with E-state index in [-0.39, 0.29) is 11.9 Å². The predicted molar refractivity (Wildman–Crippen MR) is 79.3 cm³/mol. The van der Waals surface area contributed by atoms with Gasteiger partial charge in [-0.15, -0.1) is 0 Å². The van der Waals surface area contributed by atoms with Gasteiger partial charge in [0.15, 0.2) is 5.76 Å². The highest BCUT2D eigenvalue weighted by Gasteiger charge is 2.30. The van der Waals surface area contributed by atoms with Crippen LogP contribution >= 0.6 is 0 Å². The maximum Gasteiger partial charge on any atom is 0.154 e.